The first kappa shape index (κ1) is 17.0. The number of aliphatic imine (C=N–C) groups is 1. The number of benzene rings is 2. The minimum Gasteiger partial charge on any atom is -0.508 e. The number of nitrogens with zero attached hydrogens (tertiary/aromatic N) is 1. The highest BCUT2D eigenvalue weighted by Crippen LogP contribution is 2.52. The summed E-state index contributed by atoms with van der Waals surface area (Å²) in [5.41, 5.74) is 1.12. The Labute approximate surface area is 156 Å². The van der Waals surface area contributed by atoms with Crippen LogP contribution in [0.15, 0.2) is 47.5 Å². The number of para-hydroxylation sites is 1. The molecule has 2 aromatic carbocycles. The van der Waals surface area contributed by atoms with Crippen molar-refractivity contribution < 1.29 is 14.6 Å². The Morgan fingerprint density at radius 1 is 1.23 bits per heavy atom. The molecule has 0 saturated heterocycles. The Kier molecular flexibility index (Phi) is 4.15. The van der Waals surface area contributed by atoms with Crippen LogP contribution in [-0.4, -0.2) is 28.5 Å². The molecule has 1 atom stereocenters. The maximum atomic E-state index is 13.1. The third kappa shape index (κ3) is 2.84. The molecule has 2 heterocycles. The molecular formula is C20H20N2O3S. The predicted octanol–water partition coefficient (Wildman–Crippen LogP) is 3.88. The highest BCUT2D eigenvalue weighted by atomic mass is 32.2. The Balaban J connectivity index is 1.78. The maximum Gasteiger partial charge on any atom is 0.232 e. The number of aromatic hydroxyl groups is 1. The lowest BCUT2D eigenvalue weighted by Crippen LogP contribution is -2.43. The summed E-state index contributed by atoms with van der Waals surface area (Å²) in [6, 6.07) is 12.8. The second-order valence-corrected chi connectivity index (χ2v) is 8.09. The molecule has 5 nitrogen and oxygen atoms in total. The van der Waals surface area contributed by atoms with Crippen LogP contribution in [0, 0.1) is 5.41 Å². The number of carbonyl (C=O) groups is 1. The van der Waals surface area contributed by atoms with Gasteiger partial charge in [-0.05, 0) is 12.1 Å². The minimum absolute atomic E-state index is 0.0774. The van der Waals surface area contributed by atoms with Crippen molar-refractivity contribution in [2.45, 2.75) is 19.8 Å². The fourth-order valence-electron chi connectivity index (χ4n) is 3.53. The van der Waals surface area contributed by atoms with E-state index in [1.54, 1.807) is 23.9 Å². The van der Waals surface area contributed by atoms with Crippen molar-refractivity contribution in [3.05, 3.63) is 53.6 Å². The van der Waals surface area contributed by atoms with Crippen LogP contribution in [0.4, 0.5) is 0 Å². The summed E-state index contributed by atoms with van der Waals surface area (Å²) in [4.78, 5) is 17.4. The van der Waals surface area contributed by atoms with Crippen molar-refractivity contribution in [1.29, 1.82) is 0 Å². The first-order valence-corrected chi connectivity index (χ1v) is 9.54. The molecule has 4 rings (SSSR count). The molecule has 0 aliphatic carbocycles. The van der Waals surface area contributed by atoms with E-state index in [0.717, 1.165) is 23.4 Å². The quantitative estimate of drug-likeness (QED) is 0.844. The van der Waals surface area contributed by atoms with Crippen molar-refractivity contribution in [3.8, 4) is 17.2 Å². The Bertz CT molecular complexity index is 908. The van der Waals surface area contributed by atoms with Crippen LogP contribution in [0.5, 0.6) is 17.2 Å². The first-order chi connectivity index (χ1) is 12.5. The Hall–Kier alpha value is -2.47. The second kappa shape index (κ2) is 6.36. The normalized spacial score (nSPS) is 18.4. The molecule has 0 radical (unpaired) electrons. The topological polar surface area (TPSA) is 70.9 Å². The number of hydrogen-bond acceptors (Lipinski definition) is 5. The molecule has 2 aliphatic heterocycles. The summed E-state index contributed by atoms with van der Waals surface area (Å²) in [7, 11) is 0. The van der Waals surface area contributed by atoms with Gasteiger partial charge in [0, 0.05) is 28.9 Å². The van der Waals surface area contributed by atoms with E-state index in [-0.39, 0.29) is 17.6 Å². The summed E-state index contributed by atoms with van der Waals surface area (Å²) in [6.07, 6.45) is 0. The van der Waals surface area contributed by atoms with E-state index in [0.29, 0.717) is 16.7 Å². The van der Waals surface area contributed by atoms with Crippen molar-refractivity contribution in [2.75, 3.05) is 12.3 Å². The number of amides is 1. The van der Waals surface area contributed by atoms with Crippen LogP contribution in [0.1, 0.15) is 30.9 Å². The van der Waals surface area contributed by atoms with Crippen LogP contribution in [-0.2, 0) is 4.79 Å². The van der Waals surface area contributed by atoms with Gasteiger partial charge in [0.25, 0.3) is 0 Å². The van der Waals surface area contributed by atoms with Gasteiger partial charge in [0.15, 0.2) is 5.17 Å². The molecule has 0 saturated carbocycles. The molecule has 0 spiro atoms. The molecular weight excluding hydrogens is 348 g/mol. The van der Waals surface area contributed by atoms with Gasteiger partial charge in [-0.1, -0.05) is 49.9 Å². The Morgan fingerprint density at radius 2 is 2.00 bits per heavy atom. The smallest absolute Gasteiger partial charge is 0.232 e. The van der Waals surface area contributed by atoms with Crippen LogP contribution >= 0.6 is 11.8 Å². The second-order valence-electron chi connectivity index (χ2n) is 7.01. The van der Waals surface area contributed by atoms with Gasteiger partial charge in [0.2, 0.25) is 5.91 Å². The summed E-state index contributed by atoms with van der Waals surface area (Å²) in [5.74, 6) is 2.06. The average Bonchev–Trinajstić information content (AvgIpc) is 3.12. The van der Waals surface area contributed by atoms with E-state index in [1.807, 2.05) is 44.2 Å². The van der Waals surface area contributed by atoms with Crippen molar-refractivity contribution in [3.63, 3.8) is 0 Å². The number of carbonyl (C=O) groups excluding carboxylic acids is 1. The lowest BCUT2D eigenvalue weighted by Gasteiger charge is -2.38. The van der Waals surface area contributed by atoms with Crippen molar-refractivity contribution in [2.24, 2.45) is 10.4 Å². The Morgan fingerprint density at radius 3 is 2.77 bits per heavy atom. The van der Waals surface area contributed by atoms with Gasteiger partial charge in [-0.3, -0.25) is 9.79 Å². The average molecular weight is 368 g/mol. The number of nitrogens with one attached hydrogen (secondary N) is 1. The van der Waals surface area contributed by atoms with Gasteiger partial charge in [-0.25, -0.2) is 0 Å². The van der Waals surface area contributed by atoms with E-state index in [9.17, 15) is 9.90 Å². The number of fused-ring (bicyclic) bond motifs is 2. The number of thioether (sulfide) groups is 1. The fourth-order valence-corrected chi connectivity index (χ4v) is 4.25. The largest absolute Gasteiger partial charge is 0.508 e. The van der Waals surface area contributed by atoms with Crippen molar-refractivity contribution >= 4 is 22.8 Å². The molecule has 26 heavy (non-hydrogen) atoms. The molecule has 1 amide bonds. The molecule has 0 bridgehead atoms. The zero-order valence-corrected chi connectivity index (χ0v) is 15.5. The summed E-state index contributed by atoms with van der Waals surface area (Å²) in [5, 5.41) is 13.5. The van der Waals surface area contributed by atoms with Gasteiger partial charge < -0.3 is 15.2 Å². The molecule has 0 unspecified atom stereocenters. The predicted molar refractivity (Wildman–Crippen MR) is 103 cm³/mol. The first-order valence-electron chi connectivity index (χ1n) is 8.55. The van der Waals surface area contributed by atoms with E-state index >= 15 is 0 Å². The lowest BCUT2D eigenvalue weighted by atomic mass is 9.69. The zero-order chi connectivity index (χ0) is 18.3. The number of rotatable bonds is 2. The van der Waals surface area contributed by atoms with Crippen LogP contribution < -0.4 is 10.1 Å². The number of hydrogen-bond donors (Lipinski definition) is 2. The molecule has 6 heteroatoms. The van der Waals surface area contributed by atoms with Crippen LogP contribution in [0.2, 0.25) is 0 Å². The summed E-state index contributed by atoms with van der Waals surface area (Å²) < 4.78 is 5.98. The van der Waals surface area contributed by atoms with Gasteiger partial charge in [-0.15, -0.1) is 0 Å². The number of ether oxygens (including phenoxy) is 1. The van der Waals surface area contributed by atoms with E-state index in [2.05, 4.69) is 10.3 Å². The van der Waals surface area contributed by atoms with E-state index < -0.39 is 5.41 Å². The fraction of sp³-hybridized carbons (Fsp3) is 0.300. The lowest BCUT2D eigenvalue weighted by molar-refractivity contribution is -0.128. The number of phenolic OH excluding ortho intramolecular Hbond substituents is 1. The molecule has 2 aromatic rings. The molecule has 0 aromatic heterocycles. The third-order valence-electron chi connectivity index (χ3n) is 4.87. The molecule has 2 aliphatic rings. The van der Waals surface area contributed by atoms with Gasteiger partial charge in [0.1, 0.15) is 17.2 Å². The number of phenols is 1. The maximum absolute atomic E-state index is 13.1. The van der Waals surface area contributed by atoms with Gasteiger partial charge in [0.05, 0.1) is 12.0 Å². The monoisotopic (exact) mass is 368 g/mol. The minimum atomic E-state index is -0.739. The van der Waals surface area contributed by atoms with Crippen LogP contribution in [0.25, 0.3) is 0 Å². The SMILES string of the molecule is CC(C)(C(=O)NC1=NCCS1)[C@H]1c2ccccc2Oc2cc(O)ccc21. The zero-order valence-electron chi connectivity index (χ0n) is 14.7. The van der Waals surface area contributed by atoms with Gasteiger partial charge >= 0.3 is 0 Å². The highest BCUT2D eigenvalue weighted by molar-refractivity contribution is 8.14. The third-order valence-corrected chi connectivity index (χ3v) is 5.76. The van der Waals surface area contributed by atoms with Crippen LogP contribution in [0.3, 0.4) is 0 Å². The van der Waals surface area contributed by atoms with E-state index in [4.69, 9.17) is 4.74 Å². The summed E-state index contributed by atoms with van der Waals surface area (Å²) >= 11 is 1.57. The van der Waals surface area contributed by atoms with Gasteiger partial charge in [-0.2, -0.15) is 0 Å². The molecule has 2 N–H and O–H groups in total. The van der Waals surface area contributed by atoms with Crippen molar-refractivity contribution in [1.82, 2.24) is 5.32 Å². The number of amidine groups is 1. The summed E-state index contributed by atoms with van der Waals surface area (Å²) in [6.45, 7) is 4.61. The molecule has 0 fully saturated rings. The highest BCUT2D eigenvalue weighted by Gasteiger charge is 2.43. The van der Waals surface area contributed by atoms with E-state index in [1.165, 1.54) is 0 Å². The standard InChI is InChI=1S/C20H20N2O3S/c1-20(2,18(24)22-19-21-9-10-26-19)17-13-5-3-4-6-15(13)25-16-11-12(23)7-8-14(16)17/h3-8,11,17,23H,9-10H2,1-2H3,(H,21,22,24)/t17-/m0/s1. The molecule has 134 valence electrons.